The summed E-state index contributed by atoms with van der Waals surface area (Å²) in [5.41, 5.74) is 1.28. The zero-order valence-electron chi connectivity index (χ0n) is 11.0. The van der Waals surface area contributed by atoms with Crippen molar-refractivity contribution in [3.63, 3.8) is 0 Å². The van der Waals surface area contributed by atoms with Gasteiger partial charge < -0.3 is 20.5 Å². The first-order valence-electron chi connectivity index (χ1n) is 5.92. The number of aromatic carboxylic acids is 1. The monoisotopic (exact) mass is 266 g/mol. The molecule has 1 aromatic carbocycles. The van der Waals surface area contributed by atoms with Crippen LogP contribution in [0.15, 0.2) is 18.2 Å². The van der Waals surface area contributed by atoms with Gasteiger partial charge >= 0.3 is 12.0 Å². The van der Waals surface area contributed by atoms with Crippen LogP contribution in [0.1, 0.15) is 22.3 Å². The molecule has 6 heteroatoms. The fourth-order valence-electron chi connectivity index (χ4n) is 1.52. The van der Waals surface area contributed by atoms with E-state index in [4.69, 9.17) is 9.84 Å². The van der Waals surface area contributed by atoms with Crippen LogP contribution in [0.4, 0.5) is 10.5 Å². The van der Waals surface area contributed by atoms with Crippen LogP contribution in [0.25, 0.3) is 0 Å². The molecule has 0 aliphatic heterocycles. The summed E-state index contributed by atoms with van der Waals surface area (Å²) in [4.78, 5) is 22.5. The van der Waals surface area contributed by atoms with Crippen LogP contribution in [0.2, 0.25) is 0 Å². The van der Waals surface area contributed by atoms with Crippen molar-refractivity contribution in [1.29, 1.82) is 0 Å². The average molecular weight is 266 g/mol. The summed E-state index contributed by atoms with van der Waals surface area (Å²) in [5.74, 6) is -1.01. The van der Waals surface area contributed by atoms with Gasteiger partial charge in [-0.25, -0.2) is 9.59 Å². The van der Waals surface area contributed by atoms with Crippen molar-refractivity contribution in [3.8, 4) is 0 Å². The predicted molar refractivity (Wildman–Crippen MR) is 71.7 cm³/mol. The second-order valence-electron chi connectivity index (χ2n) is 4.06. The summed E-state index contributed by atoms with van der Waals surface area (Å²) in [6.45, 7) is 2.78. The SMILES string of the molecule is COCCCNC(=O)Nc1ccc(C)c(C(=O)O)c1. The summed E-state index contributed by atoms with van der Waals surface area (Å²) >= 11 is 0. The number of amides is 2. The highest BCUT2D eigenvalue weighted by atomic mass is 16.5. The molecule has 3 N–H and O–H groups in total. The number of nitrogens with one attached hydrogen (secondary N) is 2. The molecule has 0 saturated carbocycles. The summed E-state index contributed by atoms with van der Waals surface area (Å²) in [6.07, 6.45) is 0.720. The topological polar surface area (TPSA) is 87.7 Å². The van der Waals surface area contributed by atoms with Crippen molar-refractivity contribution < 1.29 is 19.4 Å². The van der Waals surface area contributed by atoms with E-state index < -0.39 is 5.97 Å². The molecule has 0 atom stereocenters. The number of carbonyl (C=O) groups excluding carboxylic acids is 1. The van der Waals surface area contributed by atoms with Gasteiger partial charge in [0, 0.05) is 25.9 Å². The number of carboxylic acid groups (broad SMARTS) is 1. The smallest absolute Gasteiger partial charge is 0.336 e. The van der Waals surface area contributed by atoms with Crippen LogP contribution < -0.4 is 10.6 Å². The maximum atomic E-state index is 11.5. The number of rotatable bonds is 6. The predicted octanol–water partition coefficient (Wildman–Crippen LogP) is 1.85. The number of aryl methyl sites for hydroxylation is 1. The van der Waals surface area contributed by atoms with Gasteiger partial charge in [-0.05, 0) is 31.0 Å². The molecule has 0 unspecified atom stereocenters. The first-order chi connectivity index (χ1) is 9.04. The van der Waals surface area contributed by atoms with Crippen molar-refractivity contribution in [2.75, 3.05) is 25.6 Å². The average Bonchev–Trinajstić information content (AvgIpc) is 2.36. The lowest BCUT2D eigenvalue weighted by Gasteiger charge is -2.09. The van der Waals surface area contributed by atoms with E-state index in [0.717, 1.165) is 6.42 Å². The van der Waals surface area contributed by atoms with Gasteiger partial charge in [0.25, 0.3) is 0 Å². The minimum atomic E-state index is -1.01. The minimum absolute atomic E-state index is 0.178. The largest absolute Gasteiger partial charge is 0.478 e. The second-order valence-corrected chi connectivity index (χ2v) is 4.06. The third kappa shape index (κ3) is 4.97. The van der Waals surface area contributed by atoms with Gasteiger partial charge in [0.2, 0.25) is 0 Å². The highest BCUT2D eigenvalue weighted by molar-refractivity contribution is 5.94. The molecule has 1 aromatic rings. The molecule has 2 amide bonds. The Morgan fingerprint density at radius 1 is 1.37 bits per heavy atom. The lowest BCUT2D eigenvalue weighted by atomic mass is 10.1. The lowest BCUT2D eigenvalue weighted by molar-refractivity contribution is 0.0696. The zero-order valence-corrected chi connectivity index (χ0v) is 11.0. The second kappa shape index (κ2) is 7.38. The molecule has 0 aliphatic carbocycles. The number of ether oxygens (including phenoxy) is 1. The summed E-state index contributed by atoms with van der Waals surface area (Å²) in [5, 5.41) is 14.2. The maximum absolute atomic E-state index is 11.5. The molecule has 0 aromatic heterocycles. The maximum Gasteiger partial charge on any atom is 0.336 e. The standard InChI is InChI=1S/C13H18N2O4/c1-9-4-5-10(8-11(9)12(16)17)15-13(18)14-6-3-7-19-2/h4-5,8H,3,6-7H2,1-2H3,(H,16,17)(H2,14,15,18). The number of urea groups is 1. The van der Waals surface area contributed by atoms with Crippen LogP contribution in [0.5, 0.6) is 0 Å². The van der Waals surface area contributed by atoms with Crippen molar-refractivity contribution in [2.24, 2.45) is 0 Å². The van der Waals surface area contributed by atoms with Gasteiger partial charge in [-0.3, -0.25) is 0 Å². The molecule has 0 radical (unpaired) electrons. The van der Waals surface area contributed by atoms with Gasteiger partial charge in [0.15, 0.2) is 0 Å². The molecule has 0 fully saturated rings. The highest BCUT2D eigenvalue weighted by Crippen LogP contribution is 2.15. The number of carboxylic acids is 1. The van der Waals surface area contributed by atoms with Crippen LogP contribution in [-0.4, -0.2) is 37.4 Å². The van der Waals surface area contributed by atoms with Crippen molar-refractivity contribution in [3.05, 3.63) is 29.3 Å². The zero-order chi connectivity index (χ0) is 14.3. The molecule has 6 nitrogen and oxygen atoms in total. The molecule has 0 aliphatic rings. The Morgan fingerprint density at radius 3 is 2.74 bits per heavy atom. The molecule has 0 heterocycles. The number of hydrogen-bond donors (Lipinski definition) is 3. The molecule has 19 heavy (non-hydrogen) atoms. The van der Waals surface area contributed by atoms with E-state index in [0.29, 0.717) is 24.4 Å². The lowest BCUT2D eigenvalue weighted by Crippen LogP contribution is -2.30. The van der Waals surface area contributed by atoms with E-state index in [-0.39, 0.29) is 11.6 Å². The van der Waals surface area contributed by atoms with E-state index in [2.05, 4.69) is 10.6 Å². The van der Waals surface area contributed by atoms with E-state index >= 15 is 0 Å². The van der Waals surface area contributed by atoms with Gasteiger partial charge in [0.1, 0.15) is 0 Å². The molecule has 0 saturated heterocycles. The van der Waals surface area contributed by atoms with Crippen LogP contribution >= 0.6 is 0 Å². The summed E-state index contributed by atoms with van der Waals surface area (Å²) < 4.78 is 4.86. The number of benzene rings is 1. The Bertz CT molecular complexity index is 460. The van der Waals surface area contributed by atoms with Crippen LogP contribution in [0, 0.1) is 6.92 Å². The molecule has 0 bridgehead atoms. The Balaban J connectivity index is 2.55. The van der Waals surface area contributed by atoms with Crippen LogP contribution in [-0.2, 0) is 4.74 Å². The fourth-order valence-corrected chi connectivity index (χ4v) is 1.52. The quantitative estimate of drug-likeness (QED) is 0.686. The van der Waals surface area contributed by atoms with Gasteiger partial charge in [-0.1, -0.05) is 6.07 Å². The van der Waals surface area contributed by atoms with Gasteiger partial charge in [-0.15, -0.1) is 0 Å². The fraction of sp³-hybridized carbons (Fsp3) is 0.385. The van der Waals surface area contributed by atoms with E-state index in [1.807, 2.05) is 0 Å². The van der Waals surface area contributed by atoms with Crippen LogP contribution in [0.3, 0.4) is 0 Å². The number of carbonyl (C=O) groups is 2. The Morgan fingerprint density at radius 2 is 2.11 bits per heavy atom. The highest BCUT2D eigenvalue weighted by Gasteiger charge is 2.09. The first-order valence-corrected chi connectivity index (χ1v) is 5.92. The third-order valence-corrected chi connectivity index (χ3v) is 2.54. The molecule has 0 spiro atoms. The molecule has 104 valence electrons. The number of anilines is 1. The summed E-state index contributed by atoms with van der Waals surface area (Å²) in [7, 11) is 1.60. The first kappa shape index (κ1) is 15.0. The van der Waals surface area contributed by atoms with E-state index in [9.17, 15) is 9.59 Å². The Labute approximate surface area is 111 Å². The van der Waals surface area contributed by atoms with Gasteiger partial charge in [0.05, 0.1) is 5.56 Å². The van der Waals surface area contributed by atoms with Crippen molar-refractivity contribution in [2.45, 2.75) is 13.3 Å². The Hall–Kier alpha value is -2.08. The van der Waals surface area contributed by atoms with E-state index in [1.54, 1.807) is 26.2 Å². The summed E-state index contributed by atoms with van der Waals surface area (Å²) in [6, 6.07) is 4.39. The third-order valence-electron chi connectivity index (χ3n) is 2.54. The van der Waals surface area contributed by atoms with Gasteiger partial charge in [-0.2, -0.15) is 0 Å². The van der Waals surface area contributed by atoms with E-state index in [1.165, 1.54) is 6.07 Å². The normalized spacial score (nSPS) is 10.0. The minimum Gasteiger partial charge on any atom is -0.478 e. The molecule has 1 rings (SSSR count). The van der Waals surface area contributed by atoms with Crippen molar-refractivity contribution >= 4 is 17.7 Å². The number of methoxy groups -OCH3 is 1. The van der Waals surface area contributed by atoms with Crippen molar-refractivity contribution in [1.82, 2.24) is 5.32 Å². The Kier molecular flexibility index (Phi) is 5.81. The molecular formula is C13H18N2O4. The molecular weight excluding hydrogens is 248 g/mol. The number of hydrogen-bond acceptors (Lipinski definition) is 3.